The molecule has 0 N–H and O–H groups in total. The Hall–Kier alpha value is -1.42. The highest BCUT2D eigenvalue weighted by atomic mass is 35.5. The van der Waals surface area contributed by atoms with Crippen LogP contribution in [0.15, 0.2) is 18.2 Å². The van der Waals surface area contributed by atoms with Gasteiger partial charge >= 0.3 is 0 Å². The lowest BCUT2D eigenvalue weighted by atomic mass is 10.1. The lowest BCUT2D eigenvalue weighted by Crippen LogP contribution is -2.09. The van der Waals surface area contributed by atoms with Crippen LogP contribution in [0.5, 0.6) is 0 Å². The molecule has 1 aromatic heterocycles. The molecule has 0 aliphatic heterocycles. The number of nitrogens with zero attached hydrogens (tertiary/aromatic N) is 3. The Bertz CT molecular complexity index is 578. The highest BCUT2D eigenvalue weighted by Crippen LogP contribution is 2.24. The van der Waals surface area contributed by atoms with Crippen LogP contribution < -0.4 is 0 Å². The van der Waals surface area contributed by atoms with E-state index in [1.54, 1.807) is 6.07 Å². The van der Waals surface area contributed by atoms with Gasteiger partial charge in [-0.1, -0.05) is 19.9 Å². The summed E-state index contributed by atoms with van der Waals surface area (Å²) in [5.74, 6) is 1.86. The van der Waals surface area contributed by atoms with Crippen LogP contribution in [0, 0.1) is 18.7 Å². The van der Waals surface area contributed by atoms with Crippen LogP contribution in [0.4, 0.5) is 4.39 Å². The Balaban J connectivity index is 2.55. The Morgan fingerprint density at radius 3 is 2.68 bits per heavy atom. The Labute approximate surface area is 117 Å². The van der Waals surface area contributed by atoms with Crippen LogP contribution >= 0.6 is 11.6 Å². The van der Waals surface area contributed by atoms with E-state index in [1.807, 2.05) is 11.5 Å². The van der Waals surface area contributed by atoms with E-state index >= 15 is 0 Å². The zero-order valence-corrected chi connectivity index (χ0v) is 12.1. The molecule has 2 rings (SSSR count). The van der Waals surface area contributed by atoms with E-state index < -0.39 is 0 Å². The standard InChI is InChI=1S/C14H17ClFN3/c1-9(2)8-19-13(7-15)17-18-14(19)12-6-11(16)5-4-10(12)3/h4-6,9H,7-8H2,1-3H3. The zero-order chi connectivity index (χ0) is 14.0. The molecule has 5 heteroatoms. The first-order valence-corrected chi connectivity index (χ1v) is 6.81. The quantitative estimate of drug-likeness (QED) is 0.799. The molecule has 0 aliphatic rings. The van der Waals surface area contributed by atoms with Crippen molar-refractivity contribution in [1.29, 1.82) is 0 Å². The van der Waals surface area contributed by atoms with Crippen molar-refractivity contribution >= 4 is 11.6 Å². The summed E-state index contributed by atoms with van der Waals surface area (Å²) in [5, 5.41) is 8.27. The highest BCUT2D eigenvalue weighted by Gasteiger charge is 2.16. The number of halogens is 2. The summed E-state index contributed by atoms with van der Waals surface area (Å²) < 4.78 is 15.4. The van der Waals surface area contributed by atoms with Crippen molar-refractivity contribution < 1.29 is 4.39 Å². The van der Waals surface area contributed by atoms with Crippen LogP contribution in [0.2, 0.25) is 0 Å². The van der Waals surface area contributed by atoms with E-state index in [-0.39, 0.29) is 5.82 Å². The van der Waals surface area contributed by atoms with Crippen LogP contribution in [-0.4, -0.2) is 14.8 Å². The third-order valence-electron chi connectivity index (χ3n) is 2.94. The molecule has 2 aromatic rings. The molecule has 0 bridgehead atoms. The minimum Gasteiger partial charge on any atom is -0.310 e. The zero-order valence-electron chi connectivity index (χ0n) is 11.3. The molecule has 0 fully saturated rings. The van der Waals surface area contributed by atoms with Crippen molar-refractivity contribution in [3.63, 3.8) is 0 Å². The fraction of sp³-hybridized carbons (Fsp3) is 0.429. The number of hydrogen-bond acceptors (Lipinski definition) is 2. The van der Waals surface area contributed by atoms with Gasteiger partial charge in [0.1, 0.15) is 11.6 Å². The number of alkyl halides is 1. The Morgan fingerprint density at radius 2 is 2.05 bits per heavy atom. The lowest BCUT2D eigenvalue weighted by Gasteiger charge is -2.13. The molecule has 3 nitrogen and oxygen atoms in total. The predicted octanol–water partition coefficient (Wildman–Crippen LogP) is 3.79. The largest absolute Gasteiger partial charge is 0.310 e. The van der Waals surface area contributed by atoms with Crippen LogP contribution in [0.25, 0.3) is 11.4 Å². The topological polar surface area (TPSA) is 30.7 Å². The van der Waals surface area contributed by atoms with Crippen molar-refractivity contribution in [2.75, 3.05) is 0 Å². The van der Waals surface area contributed by atoms with E-state index in [9.17, 15) is 4.39 Å². The van der Waals surface area contributed by atoms with Gasteiger partial charge < -0.3 is 4.57 Å². The molecule has 102 valence electrons. The minimum absolute atomic E-state index is 0.271. The van der Waals surface area contributed by atoms with Gasteiger partial charge in [0.15, 0.2) is 5.82 Å². The summed E-state index contributed by atoms with van der Waals surface area (Å²) in [6.07, 6.45) is 0. The van der Waals surface area contributed by atoms with Gasteiger partial charge in [-0.2, -0.15) is 0 Å². The number of aromatic nitrogens is 3. The first kappa shape index (κ1) is 14.0. The molecule has 0 unspecified atom stereocenters. The molecular formula is C14H17ClFN3. The van der Waals surface area contributed by atoms with Gasteiger partial charge in [0, 0.05) is 12.1 Å². The van der Waals surface area contributed by atoms with Gasteiger partial charge in [0.2, 0.25) is 0 Å². The van der Waals surface area contributed by atoms with Gasteiger partial charge in [-0.15, -0.1) is 21.8 Å². The van der Waals surface area contributed by atoms with Crippen LogP contribution in [-0.2, 0) is 12.4 Å². The molecule has 0 spiro atoms. The number of rotatable bonds is 4. The summed E-state index contributed by atoms with van der Waals surface area (Å²) in [6, 6.07) is 4.69. The summed E-state index contributed by atoms with van der Waals surface area (Å²) >= 11 is 5.89. The molecule has 0 saturated carbocycles. The molecule has 0 amide bonds. The molecule has 19 heavy (non-hydrogen) atoms. The van der Waals surface area contributed by atoms with E-state index in [1.165, 1.54) is 12.1 Å². The summed E-state index contributed by atoms with van der Waals surface area (Å²) in [5.41, 5.74) is 1.74. The van der Waals surface area contributed by atoms with Crippen molar-refractivity contribution in [2.45, 2.75) is 33.2 Å². The summed E-state index contributed by atoms with van der Waals surface area (Å²) in [7, 11) is 0. The van der Waals surface area contributed by atoms with E-state index in [0.717, 1.165) is 17.7 Å². The first-order chi connectivity index (χ1) is 9.02. The third-order valence-corrected chi connectivity index (χ3v) is 3.17. The second-order valence-corrected chi connectivity index (χ2v) is 5.30. The maximum absolute atomic E-state index is 13.4. The molecule has 0 radical (unpaired) electrons. The van der Waals surface area contributed by atoms with Crippen molar-refractivity contribution in [3.05, 3.63) is 35.4 Å². The maximum Gasteiger partial charge on any atom is 0.164 e. The maximum atomic E-state index is 13.4. The van der Waals surface area contributed by atoms with E-state index in [4.69, 9.17) is 11.6 Å². The highest BCUT2D eigenvalue weighted by molar-refractivity contribution is 6.16. The molecule has 1 aromatic carbocycles. The van der Waals surface area contributed by atoms with Crippen molar-refractivity contribution in [1.82, 2.24) is 14.8 Å². The minimum atomic E-state index is -0.271. The molecule has 0 aliphatic carbocycles. The van der Waals surface area contributed by atoms with Crippen molar-refractivity contribution in [2.24, 2.45) is 5.92 Å². The first-order valence-electron chi connectivity index (χ1n) is 6.27. The van der Waals surface area contributed by atoms with Crippen LogP contribution in [0.1, 0.15) is 25.2 Å². The summed E-state index contributed by atoms with van der Waals surface area (Å²) in [6.45, 7) is 6.92. The lowest BCUT2D eigenvalue weighted by molar-refractivity contribution is 0.515. The van der Waals surface area contributed by atoms with E-state index in [2.05, 4.69) is 24.0 Å². The normalized spacial score (nSPS) is 11.3. The van der Waals surface area contributed by atoms with E-state index in [0.29, 0.717) is 23.4 Å². The third kappa shape index (κ3) is 2.95. The van der Waals surface area contributed by atoms with Crippen LogP contribution in [0.3, 0.4) is 0 Å². The molecule has 0 saturated heterocycles. The Kier molecular flexibility index (Phi) is 4.20. The predicted molar refractivity (Wildman–Crippen MR) is 74.5 cm³/mol. The summed E-state index contributed by atoms with van der Waals surface area (Å²) in [4.78, 5) is 0. The molecule has 1 heterocycles. The average Bonchev–Trinajstić information content (AvgIpc) is 2.74. The number of hydrogen-bond donors (Lipinski definition) is 0. The Morgan fingerprint density at radius 1 is 1.32 bits per heavy atom. The van der Waals surface area contributed by atoms with Gasteiger partial charge in [-0.05, 0) is 30.5 Å². The van der Waals surface area contributed by atoms with Crippen molar-refractivity contribution in [3.8, 4) is 11.4 Å². The monoisotopic (exact) mass is 281 g/mol. The molecular weight excluding hydrogens is 265 g/mol. The van der Waals surface area contributed by atoms with Gasteiger partial charge in [0.25, 0.3) is 0 Å². The van der Waals surface area contributed by atoms with Gasteiger partial charge in [0.05, 0.1) is 5.88 Å². The average molecular weight is 282 g/mol. The van der Waals surface area contributed by atoms with Gasteiger partial charge in [-0.3, -0.25) is 0 Å². The SMILES string of the molecule is Cc1ccc(F)cc1-c1nnc(CCl)n1CC(C)C. The number of benzene rings is 1. The fourth-order valence-corrected chi connectivity index (χ4v) is 2.22. The van der Waals surface area contributed by atoms with Gasteiger partial charge in [-0.25, -0.2) is 4.39 Å². The smallest absolute Gasteiger partial charge is 0.164 e. The number of aryl methyl sites for hydroxylation is 1. The molecule has 0 atom stereocenters. The second-order valence-electron chi connectivity index (χ2n) is 5.04. The fourth-order valence-electron chi connectivity index (χ4n) is 2.03. The second kappa shape index (κ2) is 5.70.